The van der Waals surface area contributed by atoms with Crippen molar-refractivity contribution in [1.29, 1.82) is 0 Å². The van der Waals surface area contributed by atoms with E-state index in [1.54, 1.807) is 7.05 Å². The van der Waals surface area contributed by atoms with Gasteiger partial charge in [-0.3, -0.25) is 10.1 Å². The lowest BCUT2D eigenvalue weighted by Gasteiger charge is -2.17. The maximum Gasteiger partial charge on any atom is 0.278 e. The van der Waals surface area contributed by atoms with E-state index < -0.39 is 28.6 Å². The third-order valence-corrected chi connectivity index (χ3v) is 2.56. The summed E-state index contributed by atoms with van der Waals surface area (Å²) in [7, 11) is 1.68. The molecule has 0 bridgehead atoms. The van der Waals surface area contributed by atoms with Gasteiger partial charge < -0.3 is 15.5 Å². The molecule has 1 rings (SSSR count). The summed E-state index contributed by atoms with van der Waals surface area (Å²) in [6, 6.07) is 2.85. The number of rotatable bonds is 6. The molecule has 1 aromatic rings. The monoisotopic (exact) mass is 258 g/mol. The van der Waals surface area contributed by atoms with Gasteiger partial charge in [0.25, 0.3) is 5.69 Å². The van der Waals surface area contributed by atoms with Crippen molar-refractivity contribution in [3.8, 4) is 0 Å². The highest BCUT2D eigenvalue weighted by molar-refractivity contribution is 5.42. The molecule has 0 heterocycles. The van der Waals surface area contributed by atoms with E-state index in [1.165, 1.54) is 0 Å². The van der Waals surface area contributed by atoms with Crippen LogP contribution in [-0.4, -0.2) is 34.8 Å². The van der Waals surface area contributed by atoms with E-state index in [1.807, 2.05) is 0 Å². The molecule has 0 spiro atoms. The SMILES string of the molecule is CNCCC(O)C(O)c1ccc(F)cc1[N+](=O)[O-]. The zero-order valence-electron chi connectivity index (χ0n) is 9.84. The summed E-state index contributed by atoms with van der Waals surface area (Å²) in [6.45, 7) is 0.452. The smallest absolute Gasteiger partial charge is 0.278 e. The van der Waals surface area contributed by atoms with Crippen LogP contribution in [0.15, 0.2) is 18.2 Å². The molecule has 0 radical (unpaired) electrons. The van der Waals surface area contributed by atoms with Gasteiger partial charge >= 0.3 is 0 Å². The fourth-order valence-corrected chi connectivity index (χ4v) is 1.58. The quantitative estimate of drug-likeness (QED) is 0.516. The van der Waals surface area contributed by atoms with E-state index in [2.05, 4.69) is 5.32 Å². The molecule has 0 saturated heterocycles. The van der Waals surface area contributed by atoms with E-state index >= 15 is 0 Å². The van der Waals surface area contributed by atoms with Crippen molar-refractivity contribution in [2.24, 2.45) is 0 Å². The van der Waals surface area contributed by atoms with Crippen LogP contribution in [0, 0.1) is 15.9 Å². The highest BCUT2D eigenvalue weighted by Gasteiger charge is 2.26. The first-order valence-electron chi connectivity index (χ1n) is 5.42. The average Bonchev–Trinajstić information content (AvgIpc) is 2.34. The van der Waals surface area contributed by atoms with Gasteiger partial charge in [-0.2, -0.15) is 0 Å². The minimum Gasteiger partial charge on any atom is -0.390 e. The van der Waals surface area contributed by atoms with Gasteiger partial charge in [0, 0.05) is 0 Å². The van der Waals surface area contributed by atoms with Gasteiger partial charge in [-0.1, -0.05) is 0 Å². The molecule has 18 heavy (non-hydrogen) atoms. The van der Waals surface area contributed by atoms with E-state index in [-0.39, 0.29) is 12.0 Å². The third kappa shape index (κ3) is 3.46. The molecule has 100 valence electrons. The third-order valence-electron chi connectivity index (χ3n) is 2.56. The molecule has 0 amide bonds. The highest BCUT2D eigenvalue weighted by Crippen LogP contribution is 2.28. The van der Waals surface area contributed by atoms with E-state index in [4.69, 9.17) is 0 Å². The number of aliphatic hydroxyl groups excluding tert-OH is 2. The van der Waals surface area contributed by atoms with Gasteiger partial charge in [0.1, 0.15) is 11.9 Å². The second kappa shape index (κ2) is 6.39. The Labute approximate surface area is 103 Å². The Kier molecular flexibility index (Phi) is 5.14. The fourth-order valence-electron chi connectivity index (χ4n) is 1.58. The number of nitro groups is 1. The Balaban J connectivity index is 2.97. The zero-order chi connectivity index (χ0) is 13.7. The van der Waals surface area contributed by atoms with Gasteiger partial charge in [-0.25, -0.2) is 4.39 Å². The minimum absolute atomic E-state index is 0.0926. The fraction of sp³-hybridized carbons (Fsp3) is 0.455. The summed E-state index contributed by atoms with van der Waals surface area (Å²) in [4.78, 5) is 9.96. The molecular formula is C11H15FN2O4. The zero-order valence-corrected chi connectivity index (χ0v) is 9.84. The van der Waals surface area contributed by atoms with Crippen molar-refractivity contribution in [2.45, 2.75) is 18.6 Å². The Morgan fingerprint density at radius 2 is 2.17 bits per heavy atom. The van der Waals surface area contributed by atoms with Crippen LogP contribution in [0.25, 0.3) is 0 Å². The van der Waals surface area contributed by atoms with Gasteiger partial charge in [0.15, 0.2) is 0 Å². The van der Waals surface area contributed by atoms with E-state index in [0.29, 0.717) is 6.54 Å². The van der Waals surface area contributed by atoms with Gasteiger partial charge in [0.05, 0.1) is 22.7 Å². The maximum absolute atomic E-state index is 12.9. The normalized spacial score (nSPS) is 14.2. The first kappa shape index (κ1) is 14.5. The number of hydrogen-bond acceptors (Lipinski definition) is 5. The van der Waals surface area contributed by atoms with E-state index in [0.717, 1.165) is 18.2 Å². The van der Waals surface area contributed by atoms with Crippen LogP contribution in [0.4, 0.5) is 10.1 Å². The van der Waals surface area contributed by atoms with Crippen molar-refractivity contribution < 1.29 is 19.5 Å². The number of benzene rings is 1. The predicted molar refractivity (Wildman–Crippen MR) is 62.6 cm³/mol. The Morgan fingerprint density at radius 3 is 2.72 bits per heavy atom. The second-order valence-corrected chi connectivity index (χ2v) is 3.86. The van der Waals surface area contributed by atoms with Crippen molar-refractivity contribution in [3.05, 3.63) is 39.7 Å². The molecule has 6 nitrogen and oxygen atoms in total. The van der Waals surface area contributed by atoms with Crippen LogP contribution in [0.3, 0.4) is 0 Å². The molecule has 3 N–H and O–H groups in total. The molecule has 2 atom stereocenters. The predicted octanol–water partition coefficient (Wildman–Crippen LogP) is 0.738. The van der Waals surface area contributed by atoms with Crippen molar-refractivity contribution in [3.63, 3.8) is 0 Å². The number of halogens is 1. The van der Waals surface area contributed by atoms with Gasteiger partial charge in [-0.15, -0.1) is 0 Å². The first-order chi connectivity index (χ1) is 8.47. The molecule has 0 aliphatic carbocycles. The summed E-state index contributed by atoms with van der Waals surface area (Å²) >= 11 is 0. The van der Waals surface area contributed by atoms with Crippen molar-refractivity contribution in [2.75, 3.05) is 13.6 Å². The molecule has 7 heteroatoms. The lowest BCUT2D eigenvalue weighted by atomic mass is 10.0. The van der Waals surface area contributed by atoms with Crippen LogP contribution in [-0.2, 0) is 0 Å². The summed E-state index contributed by atoms with van der Waals surface area (Å²) in [6.07, 6.45) is -2.34. The number of hydrogen-bond donors (Lipinski definition) is 3. The number of nitrogens with one attached hydrogen (secondary N) is 1. The molecule has 0 fully saturated rings. The van der Waals surface area contributed by atoms with Crippen LogP contribution in [0.2, 0.25) is 0 Å². The molecule has 0 saturated carbocycles. The lowest BCUT2D eigenvalue weighted by Crippen LogP contribution is -2.23. The molecule has 0 aliphatic heterocycles. The first-order valence-corrected chi connectivity index (χ1v) is 5.42. The molecule has 1 aromatic carbocycles. The molecule has 0 aromatic heterocycles. The maximum atomic E-state index is 12.9. The van der Waals surface area contributed by atoms with Crippen LogP contribution >= 0.6 is 0 Å². The Hall–Kier alpha value is -1.57. The molecular weight excluding hydrogens is 243 g/mol. The highest BCUT2D eigenvalue weighted by atomic mass is 19.1. The lowest BCUT2D eigenvalue weighted by molar-refractivity contribution is -0.386. The molecule has 2 unspecified atom stereocenters. The van der Waals surface area contributed by atoms with Crippen LogP contribution in [0.5, 0.6) is 0 Å². The van der Waals surface area contributed by atoms with Gasteiger partial charge in [0.2, 0.25) is 0 Å². The summed E-state index contributed by atoms with van der Waals surface area (Å²) in [5.74, 6) is -0.762. The van der Waals surface area contributed by atoms with Gasteiger partial charge in [-0.05, 0) is 32.1 Å². The van der Waals surface area contributed by atoms with Crippen LogP contribution < -0.4 is 5.32 Å². The Morgan fingerprint density at radius 1 is 1.50 bits per heavy atom. The second-order valence-electron chi connectivity index (χ2n) is 3.86. The summed E-state index contributed by atoms with van der Waals surface area (Å²) in [5.41, 5.74) is -0.629. The minimum atomic E-state index is -1.42. The molecule has 0 aliphatic rings. The standard InChI is InChI=1S/C11H15FN2O4/c1-13-5-4-10(15)11(16)8-3-2-7(12)6-9(8)14(17)18/h2-3,6,10-11,13,15-16H,4-5H2,1H3. The summed E-state index contributed by atoms with van der Waals surface area (Å²) < 4.78 is 12.9. The number of nitrogens with zero attached hydrogens (tertiary/aromatic N) is 1. The average molecular weight is 258 g/mol. The van der Waals surface area contributed by atoms with Crippen molar-refractivity contribution in [1.82, 2.24) is 5.32 Å². The van der Waals surface area contributed by atoms with E-state index in [9.17, 15) is 24.7 Å². The number of nitro benzene ring substituents is 1. The largest absolute Gasteiger partial charge is 0.390 e. The van der Waals surface area contributed by atoms with Crippen LogP contribution in [0.1, 0.15) is 18.1 Å². The summed E-state index contributed by atoms with van der Waals surface area (Å²) in [5, 5.41) is 33.0. The Bertz CT molecular complexity index is 428. The topological polar surface area (TPSA) is 95.6 Å². The van der Waals surface area contributed by atoms with Crippen molar-refractivity contribution >= 4 is 5.69 Å². The number of aliphatic hydroxyl groups is 2.